The minimum atomic E-state index is -4.52. The van der Waals surface area contributed by atoms with Crippen LogP contribution < -0.4 is 11.1 Å². The molecular formula is C27H31ClF3N7O2. The predicted molar refractivity (Wildman–Crippen MR) is 145 cm³/mol. The lowest BCUT2D eigenvalue weighted by Crippen LogP contribution is -2.38. The van der Waals surface area contributed by atoms with Gasteiger partial charge >= 0.3 is 6.18 Å². The van der Waals surface area contributed by atoms with E-state index in [4.69, 9.17) is 17.3 Å². The molecule has 214 valence electrons. The van der Waals surface area contributed by atoms with Gasteiger partial charge in [0, 0.05) is 25.1 Å². The molecule has 0 bridgehead atoms. The van der Waals surface area contributed by atoms with Crippen LogP contribution in [0.5, 0.6) is 0 Å². The van der Waals surface area contributed by atoms with Crippen LogP contribution in [-0.2, 0) is 12.6 Å². The largest absolute Gasteiger partial charge is 0.417 e. The smallest absolute Gasteiger partial charge is 0.390 e. The number of nitrogens with one attached hydrogen (secondary N) is 2. The summed E-state index contributed by atoms with van der Waals surface area (Å²) in [5, 5.41) is 25.3. The Morgan fingerprint density at radius 1 is 1.10 bits per heavy atom. The van der Waals surface area contributed by atoms with E-state index in [-0.39, 0.29) is 22.5 Å². The van der Waals surface area contributed by atoms with Gasteiger partial charge in [0.1, 0.15) is 29.7 Å². The zero-order chi connectivity index (χ0) is 28.2. The number of hydrogen-bond donors (Lipinski definition) is 5. The number of aliphatic hydroxyl groups is 2. The molecule has 4 aromatic rings. The molecule has 2 aliphatic rings. The maximum Gasteiger partial charge on any atom is 0.417 e. The van der Waals surface area contributed by atoms with Crippen LogP contribution in [0.15, 0.2) is 30.7 Å². The summed E-state index contributed by atoms with van der Waals surface area (Å²) in [5.74, 6) is 2.03. The number of imidazole rings is 1. The average Bonchev–Trinajstić information content (AvgIpc) is 3.55. The van der Waals surface area contributed by atoms with Crippen LogP contribution in [0.1, 0.15) is 43.1 Å². The lowest BCUT2D eigenvalue weighted by molar-refractivity contribution is -0.137. The molecule has 0 radical (unpaired) electrons. The summed E-state index contributed by atoms with van der Waals surface area (Å²) in [6.45, 7) is 1.44. The Labute approximate surface area is 233 Å². The average molecular weight is 578 g/mol. The van der Waals surface area contributed by atoms with Crippen molar-refractivity contribution in [3.8, 4) is 0 Å². The van der Waals surface area contributed by atoms with Crippen molar-refractivity contribution >= 4 is 39.5 Å². The molecule has 0 aliphatic heterocycles. The third-order valence-electron chi connectivity index (χ3n) is 8.56. The van der Waals surface area contributed by atoms with E-state index in [1.54, 1.807) is 0 Å². The highest BCUT2D eigenvalue weighted by Gasteiger charge is 2.43. The summed E-state index contributed by atoms with van der Waals surface area (Å²) in [6.07, 6.45) is 1.29. The minimum absolute atomic E-state index is 0.0908. The fourth-order valence-corrected chi connectivity index (χ4v) is 6.62. The summed E-state index contributed by atoms with van der Waals surface area (Å²) in [6, 6.07) is 3.82. The molecule has 3 heterocycles. The van der Waals surface area contributed by atoms with Crippen molar-refractivity contribution in [2.75, 3.05) is 18.8 Å². The molecule has 0 spiro atoms. The number of halogens is 4. The first kappa shape index (κ1) is 27.3. The highest BCUT2D eigenvalue weighted by molar-refractivity contribution is 6.32. The fourth-order valence-electron chi connectivity index (χ4n) is 6.34. The maximum absolute atomic E-state index is 13.1. The second kappa shape index (κ2) is 10.5. The summed E-state index contributed by atoms with van der Waals surface area (Å²) in [5.41, 5.74) is 6.49. The molecule has 9 nitrogen and oxygen atoms in total. The number of aliphatic hydroxyl groups excluding tert-OH is 2. The van der Waals surface area contributed by atoms with Crippen molar-refractivity contribution in [3.63, 3.8) is 0 Å². The van der Waals surface area contributed by atoms with E-state index in [1.165, 1.54) is 12.4 Å². The first-order chi connectivity index (χ1) is 19.1. The van der Waals surface area contributed by atoms with Gasteiger partial charge in [-0.25, -0.2) is 15.0 Å². The molecule has 0 saturated heterocycles. The van der Waals surface area contributed by atoms with E-state index in [1.807, 2.05) is 16.8 Å². The SMILES string of the molecule is Nc1ncnc2c1ccn2[C@@H]1C[C@H](CNC[C@H]2C[C@H](CCc3nc4cc(C(F)(F)F)c(Cl)cc4[nH]3)C2)[C@@H](O)[C@H]1O. The number of rotatable bonds is 8. The number of nitrogens with two attached hydrogens (primary N) is 1. The molecule has 3 aromatic heterocycles. The molecule has 6 rings (SSSR count). The normalized spacial score (nSPS) is 27.1. The Hall–Kier alpha value is -2.93. The molecule has 2 saturated carbocycles. The Morgan fingerprint density at radius 2 is 1.90 bits per heavy atom. The Morgan fingerprint density at radius 3 is 2.67 bits per heavy atom. The Bertz CT molecular complexity index is 1520. The van der Waals surface area contributed by atoms with Crippen molar-refractivity contribution < 1.29 is 23.4 Å². The molecule has 0 unspecified atom stereocenters. The van der Waals surface area contributed by atoms with Crippen LogP contribution in [0.25, 0.3) is 22.1 Å². The Balaban J connectivity index is 0.956. The zero-order valence-corrected chi connectivity index (χ0v) is 22.3. The predicted octanol–water partition coefficient (Wildman–Crippen LogP) is 4.09. The number of anilines is 1. The monoisotopic (exact) mass is 577 g/mol. The van der Waals surface area contributed by atoms with E-state index >= 15 is 0 Å². The second-order valence-electron chi connectivity index (χ2n) is 11.2. The summed E-state index contributed by atoms with van der Waals surface area (Å²) in [4.78, 5) is 15.8. The first-order valence-corrected chi connectivity index (χ1v) is 13.9. The number of hydrogen-bond acceptors (Lipinski definition) is 7. The van der Waals surface area contributed by atoms with Crippen LogP contribution >= 0.6 is 11.6 Å². The second-order valence-corrected chi connectivity index (χ2v) is 11.6. The highest BCUT2D eigenvalue weighted by Crippen LogP contribution is 2.40. The van der Waals surface area contributed by atoms with Crippen molar-refractivity contribution in [3.05, 3.63) is 47.1 Å². The molecule has 2 aliphatic carbocycles. The lowest BCUT2D eigenvalue weighted by Gasteiger charge is -2.36. The fraction of sp³-hybridized carbons (Fsp3) is 0.519. The quantitative estimate of drug-likeness (QED) is 0.213. The van der Waals surface area contributed by atoms with Gasteiger partial charge in [0.2, 0.25) is 0 Å². The van der Waals surface area contributed by atoms with Gasteiger partial charge in [0.25, 0.3) is 0 Å². The van der Waals surface area contributed by atoms with Gasteiger partial charge in [-0.2, -0.15) is 13.2 Å². The number of alkyl halides is 3. The van der Waals surface area contributed by atoms with E-state index in [2.05, 4.69) is 25.3 Å². The maximum atomic E-state index is 13.1. The summed E-state index contributed by atoms with van der Waals surface area (Å²) < 4.78 is 41.2. The minimum Gasteiger partial charge on any atom is -0.390 e. The van der Waals surface area contributed by atoms with Gasteiger partial charge in [0.05, 0.1) is 39.2 Å². The van der Waals surface area contributed by atoms with Crippen LogP contribution in [0, 0.1) is 17.8 Å². The van der Waals surface area contributed by atoms with Gasteiger partial charge in [0.15, 0.2) is 0 Å². The summed E-state index contributed by atoms with van der Waals surface area (Å²) >= 11 is 5.82. The van der Waals surface area contributed by atoms with Crippen LogP contribution in [0.2, 0.25) is 5.02 Å². The number of aromatic amines is 1. The van der Waals surface area contributed by atoms with Crippen molar-refractivity contribution in [2.45, 2.75) is 56.5 Å². The number of nitrogens with zero attached hydrogens (tertiary/aromatic N) is 4. The topological polar surface area (TPSA) is 138 Å². The molecule has 2 fully saturated rings. The van der Waals surface area contributed by atoms with Gasteiger partial charge in [-0.15, -0.1) is 0 Å². The van der Waals surface area contributed by atoms with Crippen molar-refractivity contribution in [1.82, 2.24) is 29.8 Å². The molecule has 13 heteroatoms. The number of H-pyrrole nitrogens is 1. The van der Waals surface area contributed by atoms with E-state index < -0.39 is 23.9 Å². The number of benzene rings is 1. The number of nitrogen functional groups attached to an aromatic ring is 1. The molecular weight excluding hydrogens is 547 g/mol. The Kier molecular flexibility index (Phi) is 7.14. The number of fused-ring (bicyclic) bond motifs is 2. The van der Waals surface area contributed by atoms with Crippen LogP contribution in [-0.4, -0.2) is 60.0 Å². The molecule has 6 N–H and O–H groups in total. The van der Waals surface area contributed by atoms with Crippen LogP contribution in [0.3, 0.4) is 0 Å². The van der Waals surface area contributed by atoms with Gasteiger partial charge < -0.3 is 30.8 Å². The summed E-state index contributed by atoms with van der Waals surface area (Å²) in [7, 11) is 0. The molecule has 0 amide bonds. The third kappa shape index (κ3) is 5.13. The molecule has 4 atom stereocenters. The van der Waals surface area contributed by atoms with Crippen molar-refractivity contribution in [2.24, 2.45) is 17.8 Å². The van der Waals surface area contributed by atoms with E-state index in [0.717, 1.165) is 37.3 Å². The van der Waals surface area contributed by atoms with Gasteiger partial charge in [-0.05, 0) is 62.3 Å². The molecule has 40 heavy (non-hydrogen) atoms. The third-order valence-corrected chi connectivity index (χ3v) is 8.87. The van der Waals surface area contributed by atoms with Gasteiger partial charge in [-0.1, -0.05) is 11.6 Å². The number of aromatic nitrogens is 5. The van der Waals surface area contributed by atoms with Crippen molar-refractivity contribution in [1.29, 1.82) is 0 Å². The van der Waals surface area contributed by atoms with Crippen LogP contribution in [0.4, 0.5) is 19.0 Å². The van der Waals surface area contributed by atoms with E-state index in [0.29, 0.717) is 54.0 Å². The highest BCUT2D eigenvalue weighted by atomic mass is 35.5. The first-order valence-electron chi connectivity index (χ1n) is 13.5. The number of aryl methyl sites for hydroxylation is 1. The zero-order valence-electron chi connectivity index (χ0n) is 21.6. The lowest BCUT2D eigenvalue weighted by atomic mass is 9.72. The standard InChI is InChI=1S/C27H31ClF3N7O2/c28-18-9-20-19(8-17(18)27(29,30)31)36-22(37-20)2-1-13-5-14(6-13)10-33-11-15-7-21(24(40)23(15)39)38-4-3-16-25(32)34-12-35-26(16)38/h3-4,8-9,12-15,21,23-24,33,39-40H,1-2,5-7,10-11H2,(H,36,37)(H2,32,34,35)/t13-,14-,15-,21-,23-,24+/m1/s1. The molecule has 1 aromatic carbocycles. The van der Waals surface area contributed by atoms with Gasteiger partial charge in [-0.3, -0.25) is 0 Å². The van der Waals surface area contributed by atoms with E-state index in [9.17, 15) is 23.4 Å².